The Kier molecular flexibility index (Phi) is 3.81. The molecular weight excluding hydrogens is 300 g/mol. The van der Waals surface area contributed by atoms with Crippen LogP contribution in [-0.2, 0) is 0 Å². The maximum absolute atomic E-state index is 12.7. The summed E-state index contributed by atoms with van der Waals surface area (Å²) in [7, 11) is 1.64. The number of carbonyl (C=O) groups is 1. The number of benzene rings is 2. The highest BCUT2D eigenvalue weighted by Crippen LogP contribution is 2.33. The first-order chi connectivity index (χ1) is 11.8. The van der Waals surface area contributed by atoms with E-state index in [-0.39, 0.29) is 5.78 Å². The Bertz CT molecular complexity index is 820. The van der Waals surface area contributed by atoms with Crippen LogP contribution in [0.1, 0.15) is 35.2 Å². The maximum Gasteiger partial charge on any atom is 0.171 e. The van der Waals surface area contributed by atoms with Crippen molar-refractivity contribution in [1.29, 1.82) is 0 Å². The van der Waals surface area contributed by atoms with Gasteiger partial charge in [0.1, 0.15) is 5.75 Å². The summed E-state index contributed by atoms with van der Waals surface area (Å²) in [6, 6.07) is 13.8. The van der Waals surface area contributed by atoms with E-state index in [1.807, 2.05) is 36.4 Å². The molecule has 122 valence electrons. The van der Waals surface area contributed by atoms with Gasteiger partial charge in [0.25, 0.3) is 0 Å². The minimum atomic E-state index is 0.127. The fourth-order valence-corrected chi connectivity index (χ4v) is 3.49. The van der Waals surface area contributed by atoms with E-state index in [2.05, 4.69) is 11.0 Å². The van der Waals surface area contributed by atoms with Gasteiger partial charge in [-0.25, -0.2) is 0 Å². The highest BCUT2D eigenvalue weighted by Gasteiger charge is 2.24. The van der Waals surface area contributed by atoms with Crippen molar-refractivity contribution in [2.45, 2.75) is 19.3 Å². The van der Waals surface area contributed by atoms with Crippen molar-refractivity contribution in [1.82, 2.24) is 0 Å². The molecule has 2 aromatic rings. The summed E-state index contributed by atoms with van der Waals surface area (Å²) in [6.45, 7) is 2.14. The topological polar surface area (TPSA) is 41.9 Å². The van der Waals surface area contributed by atoms with Gasteiger partial charge >= 0.3 is 0 Å². The molecule has 0 unspecified atom stereocenters. The number of ether oxygens (including phenoxy) is 1. The summed E-state index contributed by atoms with van der Waals surface area (Å²) in [4.78, 5) is 19.8. The van der Waals surface area contributed by atoms with Crippen LogP contribution < -0.4 is 9.64 Å². The molecule has 4 rings (SSSR count). The standard InChI is InChI=1S/C20H20N2O2/c1-24-20-7-3-2-6-15(20)18-13-19(23)16-12-14(8-9-17(16)21-18)22-10-4-5-11-22/h2-3,6-9,12H,4-5,10-11,13H2,1H3. The fraction of sp³-hybridized carbons (Fsp3) is 0.300. The lowest BCUT2D eigenvalue weighted by atomic mass is 9.95. The van der Waals surface area contributed by atoms with Crippen LogP contribution in [0.4, 0.5) is 11.4 Å². The van der Waals surface area contributed by atoms with Crippen LogP contribution in [-0.4, -0.2) is 31.7 Å². The number of aliphatic imine (C=N–C) groups is 1. The zero-order valence-electron chi connectivity index (χ0n) is 13.8. The van der Waals surface area contributed by atoms with Crippen molar-refractivity contribution in [2.24, 2.45) is 4.99 Å². The van der Waals surface area contributed by atoms with E-state index >= 15 is 0 Å². The maximum atomic E-state index is 12.7. The average molecular weight is 320 g/mol. The van der Waals surface area contributed by atoms with Crippen molar-refractivity contribution in [3.8, 4) is 5.75 Å². The first-order valence-electron chi connectivity index (χ1n) is 8.39. The Morgan fingerprint density at radius 2 is 1.83 bits per heavy atom. The fourth-order valence-electron chi connectivity index (χ4n) is 3.49. The summed E-state index contributed by atoms with van der Waals surface area (Å²) in [6.07, 6.45) is 2.76. The molecule has 0 atom stereocenters. The van der Waals surface area contributed by atoms with Crippen LogP contribution in [0.25, 0.3) is 0 Å². The normalized spacial score (nSPS) is 16.8. The molecule has 2 aromatic carbocycles. The summed E-state index contributed by atoms with van der Waals surface area (Å²) in [5.41, 5.74) is 4.30. The zero-order chi connectivity index (χ0) is 16.5. The Labute approximate surface area is 141 Å². The number of hydrogen-bond donors (Lipinski definition) is 0. The van der Waals surface area contributed by atoms with Gasteiger partial charge in [-0.1, -0.05) is 12.1 Å². The molecule has 0 aliphatic carbocycles. The van der Waals surface area contributed by atoms with Gasteiger partial charge < -0.3 is 9.64 Å². The number of carbonyl (C=O) groups excluding carboxylic acids is 1. The lowest BCUT2D eigenvalue weighted by Gasteiger charge is -2.21. The Hall–Kier alpha value is -2.62. The van der Waals surface area contributed by atoms with E-state index in [1.165, 1.54) is 12.8 Å². The van der Waals surface area contributed by atoms with Crippen LogP contribution in [0.2, 0.25) is 0 Å². The largest absolute Gasteiger partial charge is 0.496 e. The van der Waals surface area contributed by atoms with Crippen LogP contribution >= 0.6 is 0 Å². The number of Topliss-reactive ketones (excluding diaryl/α,β-unsaturated/α-hetero) is 1. The highest BCUT2D eigenvalue weighted by atomic mass is 16.5. The number of ketones is 1. The van der Waals surface area contributed by atoms with Gasteiger partial charge in [0.15, 0.2) is 5.78 Å². The van der Waals surface area contributed by atoms with Crippen molar-refractivity contribution in [2.75, 3.05) is 25.1 Å². The smallest absolute Gasteiger partial charge is 0.171 e. The second kappa shape index (κ2) is 6.11. The molecule has 2 aliphatic rings. The van der Waals surface area contributed by atoms with Gasteiger partial charge in [0, 0.05) is 29.9 Å². The Morgan fingerprint density at radius 1 is 1.04 bits per heavy atom. The molecule has 24 heavy (non-hydrogen) atoms. The molecule has 0 saturated carbocycles. The Morgan fingerprint density at radius 3 is 2.62 bits per heavy atom. The molecule has 0 bridgehead atoms. The molecule has 0 aromatic heterocycles. The number of nitrogens with zero attached hydrogens (tertiary/aromatic N) is 2. The lowest BCUT2D eigenvalue weighted by Crippen LogP contribution is -2.19. The molecule has 0 radical (unpaired) electrons. The number of fused-ring (bicyclic) bond motifs is 1. The van der Waals surface area contributed by atoms with E-state index in [1.54, 1.807) is 7.11 Å². The summed E-state index contributed by atoms with van der Waals surface area (Å²) < 4.78 is 5.41. The predicted molar refractivity (Wildman–Crippen MR) is 96.0 cm³/mol. The van der Waals surface area contributed by atoms with E-state index in [0.29, 0.717) is 6.42 Å². The van der Waals surface area contributed by atoms with E-state index in [9.17, 15) is 4.79 Å². The first-order valence-corrected chi connectivity index (χ1v) is 8.39. The van der Waals surface area contributed by atoms with Gasteiger partial charge in [-0.3, -0.25) is 9.79 Å². The number of para-hydroxylation sites is 1. The second-order valence-electron chi connectivity index (χ2n) is 6.25. The van der Waals surface area contributed by atoms with E-state index < -0.39 is 0 Å². The van der Waals surface area contributed by atoms with Gasteiger partial charge in [-0.2, -0.15) is 0 Å². The third-order valence-electron chi connectivity index (χ3n) is 4.75. The van der Waals surface area contributed by atoms with E-state index in [4.69, 9.17) is 9.73 Å². The molecule has 1 saturated heterocycles. The molecule has 1 fully saturated rings. The molecular formula is C20H20N2O2. The summed E-state index contributed by atoms with van der Waals surface area (Å²) >= 11 is 0. The van der Waals surface area contributed by atoms with Crippen LogP contribution in [0.3, 0.4) is 0 Å². The van der Waals surface area contributed by atoms with Crippen LogP contribution in [0.15, 0.2) is 47.5 Å². The molecule has 2 aliphatic heterocycles. The quantitative estimate of drug-likeness (QED) is 0.858. The minimum Gasteiger partial charge on any atom is -0.496 e. The van der Waals surface area contributed by atoms with Gasteiger partial charge in [-0.15, -0.1) is 0 Å². The number of anilines is 1. The van der Waals surface area contributed by atoms with Gasteiger partial charge in [-0.05, 0) is 43.2 Å². The number of hydrogen-bond acceptors (Lipinski definition) is 4. The van der Waals surface area contributed by atoms with Crippen molar-refractivity contribution >= 4 is 22.9 Å². The average Bonchev–Trinajstić information content (AvgIpc) is 3.16. The lowest BCUT2D eigenvalue weighted by molar-refractivity contribution is 0.1000. The minimum absolute atomic E-state index is 0.127. The third kappa shape index (κ3) is 2.58. The molecule has 4 heteroatoms. The SMILES string of the molecule is COc1ccccc1C1=Nc2ccc(N3CCCC3)cc2C(=O)C1. The monoisotopic (exact) mass is 320 g/mol. The van der Waals surface area contributed by atoms with Crippen LogP contribution in [0, 0.1) is 0 Å². The van der Waals surface area contributed by atoms with Crippen LogP contribution in [0.5, 0.6) is 5.75 Å². The van der Waals surface area contributed by atoms with Crippen molar-refractivity contribution in [3.63, 3.8) is 0 Å². The van der Waals surface area contributed by atoms with Gasteiger partial charge in [0.2, 0.25) is 0 Å². The molecule has 0 spiro atoms. The van der Waals surface area contributed by atoms with Crippen molar-refractivity contribution < 1.29 is 9.53 Å². The molecule has 4 nitrogen and oxygen atoms in total. The molecule has 2 heterocycles. The number of rotatable bonds is 3. The summed E-state index contributed by atoms with van der Waals surface area (Å²) in [5.74, 6) is 0.878. The van der Waals surface area contributed by atoms with Gasteiger partial charge in [0.05, 0.1) is 24.9 Å². The predicted octanol–water partition coefficient (Wildman–Crippen LogP) is 4.00. The van der Waals surface area contributed by atoms with E-state index in [0.717, 1.165) is 47.1 Å². The zero-order valence-corrected chi connectivity index (χ0v) is 13.8. The second-order valence-corrected chi connectivity index (χ2v) is 6.25. The molecule has 0 amide bonds. The molecule has 0 N–H and O–H groups in total. The first kappa shape index (κ1) is 14.9. The van der Waals surface area contributed by atoms with Crippen molar-refractivity contribution in [3.05, 3.63) is 53.6 Å². The third-order valence-corrected chi connectivity index (χ3v) is 4.75. The Balaban J connectivity index is 1.73. The number of methoxy groups -OCH3 is 1. The highest BCUT2D eigenvalue weighted by molar-refractivity contribution is 6.21. The summed E-state index contributed by atoms with van der Waals surface area (Å²) in [5, 5.41) is 0.